The van der Waals surface area contributed by atoms with E-state index >= 15 is 0 Å². The summed E-state index contributed by atoms with van der Waals surface area (Å²) in [6.07, 6.45) is 1.89. The normalized spacial score (nSPS) is 15.4. The Balaban J connectivity index is 4.32. The highest BCUT2D eigenvalue weighted by Gasteiger charge is 2.21. The van der Waals surface area contributed by atoms with Crippen molar-refractivity contribution in [2.75, 3.05) is 0 Å². The van der Waals surface area contributed by atoms with Gasteiger partial charge in [-0.1, -0.05) is 13.8 Å². The second-order valence-corrected chi connectivity index (χ2v) is 3.50. The summed E-state index contributed by atoms with van der Waals surface area (Å²) in [5, 5.41) is -0.335. The summed E-state index contributed by atoms with van der Waals surface area (Å²) in [5.74, 6) is 0. The van der Waals surface area contributed by atoms with Gasteiger partial charge in [-0.05, 0) is 38.3 Å². The Morgan fingerprint density at radius 2 is 1.58 bits per heavy atom. The van der Waals surface area contributed by atoms with Crippen LogP contribution in [-0.2, 0) is 0 Å². The molecule has 0 aliphatic carbocycles. The number of halogens is 1. The van der Waals surface area contributed by atoms with Crippen LogP contribution in [0, 0.1) is 0 Å². The van der Waals surface area contributed by atoms with E-state index in [1.54, 1.807) is 4.90 Å². The molecule has 1 amide bonds. The van der Waals surface area contributed by atoms with Crippen LogP contribution in [-0.4, -0.2) is 22.3 Å². The van der Waals surface area contributed by atoms with Crippen molar-refractivity contribution in [1.82, 2.24) is 4.90 Å². The zero-order valence-corrected chi connectivity index (χ0v) is 9.06. The fraction of sp³-hybridized carbons (Fsp3) is 0.889. The molecule has 0 aromatic rings. The minimum Gasteiger partial charge on any atom is -0.324 e. The number of hydrogen-bond donors (Lipinski definition) is 0. The summed E-state index contributed by atoms with van der Waals surface area (Å²) in [6.45, 7) is 8.15. The van der Waals surface area contributed by atoms with Gasteiger partial charge in [0.25, 0.3) is 0 Å². The molecular formula is C9H18ClNO. The van der Waals surface area contributed by atoms with E-state index in [0.29, 0.717) is 0 Å². The first-order valence-electron chi connectivity index (χ1n) is 4.52. The minimum absolute atomic E-state index is 0.241. The lowest BCUT2D eigenvalue weighted by Gasteiger charge is -2.31. The third kappa shape index (κ3) is 3.02. The first-order valence-corrected chi connectivity index (χ1v) is 4.90. The molecule has 0 unspecified atom stereocenters. The summed E-state index contributed by atoms with van der Waals surface area (Å²) in [6, 6.07) is 0.481. The molecule has 0 saturated carbocycles. The Bertz CT molecular complexity index is 139. The predicted octanol–water partition coefficient (Wildman–Crippen LogP) is 3.24. The highest BCUT2D eigenvalue weighted by atomic mass is 35.5. The summed E-state index contributed by atoms with van der Waals surface area (Å²) in [4.78, 5) is 12.8. The average molecular weight is 192 g/mol. The average Bonchev–Trinajstić information content (AvgIpc) is 2.03. The Morgan fingerprint density at radius 1 is 1.25 bits per heavy atom. The number of amides is 1. The molecule has 0 rings (SSSR count). The highest BCUT2D eigenvalue weighted by molar-refractivity contribution is 6.62. The lowest BCUT2D eigenvalue weighted by atomic mass is 10.1. The second-order valence-electron chi connectivity index (χ2n) is 3.17. The fourth-order valence-corrected chi connectivity index (χ4v) is 1.51. The Labute approximate surface area is 79.9 Å². The van der Waals surface area contributed by atoms with Crippen LogP contribution >= 0.6 is 11.6 Å². The molecule has 0 aromatic heterocycles. The lowest BCUT2D eigenvalue weighted by Crippen LogP contribution is -2.41. The molecule has 72 valence electrons. The Morgan fingerprint density at radius 3 is 1.75 bits per heavy atom. The van der Waals surface area contributed by atoms with Gasteiger partial charge in [-0.25, -0.2) is 0 Å². The molecule has 0 spiro atoms. The van der Waals surface area contributed by atoms with Crippen LogP contribution in [0.3, 0.4) is 0 Å². The molecule has 0 aromatic carbocycles. The number of hydrogen-bond acceptors (Lipinski definition) is 1. The van der Waals surface area contributed by atoms with E-state index in [-0.39, 0.29) is 17.5 Å². The van der Waals surface area contributed by atoms with Gasteiger partial charge < -0.3 is 4.90 Å². The monoisotopic (exact) mass is 191 g/mol. The topological polar surface area (TPSA) is 20.3 Å². The largest absolute Gasteiger partial charge is 0.324 e. The van der Waals surface area contributed by atoms with E-state index in [1.165, 1.54) is 0 Å². The summed E-state index contributed by atoms with van der Waals surface area (Å²) >= 11 is 5.48. The first kappa shape index (κ1) is 11.8. The molecule has 2 atom stereocenters. The smallest absolute Gasteiger partial charge is 0.316 e. The van der Waals surface area contributed by atoms with Crippen LogP contribution in [0.1, 0.15) is 40.5 Å². The van der Waals surface area contributed by atoms with Crippen molar-refractivity contribution in [2.24, 2.45) is 0 Å². The molecule has 0 bridgehead atoms. The van der Waals surface area contributed by atoms with E-state index in [4.69, 9.17) is 11.6 Å². The van der Waals surface area contributed by atoms with Crippen LogP contribution in [0.25, 0.3) is 0 Å². The maximum absolute atomic E-state index is 11.0. The summed E-state index contributed by atoms with van der Waals surface area (Å²) in [7, 11) is 0. The number of carbonyl (C=O) groups is 1. The third-order valence-corrected chi connectivity index (χ3v) is 2.53. The van der Waals surface area contributed by atoms with Crippen molar-refractivity contribution in [3.8, 4) is 0 Å². The van der Waals surface area contributed by atoms with E-state index in [9.17, 15) is 4.79 Å². The molecular weight excluding hydrogens is 174 g/mol. The van der Waals surface area contributed by atoms with Crippen molar-refractivity contribution in [3.05, 3.63) is 0 Å². The number of nitrogens with zero attached hydrogens (tertiary/aromatic N) is 1. The second kappa shape index (κ2) is 5.41. The Hall–Kier alpha value is -0.240. The zero-order chi connectivity index (χ0) is 9.72. The van der Waals surface area contributed by atoms with Gasteiger partial charge >= 0.3 is 5.37 Å². The van der Waals surface area contributed by atoms with Gasteiger partial charge in [-0.3, -0.25) is 4.79 Å². The molecule has 12 heavy (non-hydrogen) atoms. The molecule has 0 heterocycles. The van der Waals surface area contributed by atoms with Crippen molar-refractivity contribution >= 4 is 17.0 Å². The van der Waals surface area contributed by atoms with Crippen LogP contribution < -0.4 is 0 Å². The number of rotatable bonds is 4. The van der Waals surface area contributed by atoms with Crippen LogP contribution in [0.4, 0.5) is 4.79 Å². The molecule has 0 saturated heterocycles. The fourth-order valence-electron chi connectivity index (χ4n) is 1.17. The van der Waals surface area contributed by atoms with Crippen LogP contribution in [0.5, 0.6) is 0 Å². The summed E-state index contributed by atoms with van der Waals surface area (Å²) in [5.41, 5.74) is 0. The quantitative estimate of drug-likeness (QED) is 0.494. The van der Waals surface area contributed by atoms with Gasteiger partial charge in [0.05, 0.1) is 0 Å². The summed E-state index contributed by atoms with van der Waals surface area (Å²) < 4.78 is 0. The maximum Gasteiger partial charge on any atom is 0.316 e. The van der Waals surface area contributed by atoms with E-state index in [0.717, 1.165) is 12.8 Å². The van der Waals surface area contributed by atoms with Crippen molar-refractivity contribution in [1.29, 1.82) is 0 Å². The van der Waals surface area contributed by atoms with E-state index in [2.05, 4.69) is 13.8 Å². The Kier molecular flexibility index (Phi) is 5.31. The molecule has 0 fully saturated rings. The lowest BCUT2D eigenvalue weighted by molar-refractivity contribution is 0.172. The van der Waals surface area contributed by atoms with Gasteiger partial charge in [0, 0.05) is 12.1 Å². The van der Waals surface area contributed by atoms with Gasteiger partial charge in [0.2, 0.25) is 0 Å². The minimum atomic E-state index is -0.335. The van der Waals surface area contributed by atoms with Crippen LogP contribution in [0.2, 0.25) is 0 Å². The third-order valence-electron chi connectivity index (χ3n) is 2.33. The van der Waals surface area contributed by atoms with Gasteiger partial charge in [0.15, 0.2) is 0 Å². The maximum atomic E-state index is 11.0. The van der Waals surface area contributed by atoms with Gasteiger partial charge in [-0.15, -0.1) is 0 Å². The molecule has 0 aliphatic heterocycles. The molecule has 0 aliphatic rings. The van der Waals surface area contributed by atoms with Crippen molar-refractivity contribution in [2.45, 2.75) is 52.6 Å². The molecule has 0 N–H and O–H groups in total. The predicted molar refractivity (Wildman–Crippen MR) is 52.6 cm³/mol. The van der Waals surface area contributed by atoms with Gasteiger partial charge in [0.1, 0.15) is 0 Å². The van der Waals surface area contributed by atoms with Crippen LogP contribution in [0.15, 0.2) is 0 Å². The van der Waals surface area contributed by atoms with Crippen molar-refractivity contribution < 1.29 is 4.79 Å². The molecule has 2 nitrogen and oxygen atoms in total. The van der Waals surface area contributed by atoms with E-state index < -0.39 is 0 Å². The molecule has 3 heteroatoms. The standard InChI is InChI=1S/C9H18ClNO/c1-5-7(3)11(9(10)12)8(4)6-2/h7-8H,5-6H2,1-4H3/t7-,8-/m1/s1. The number of carbonyl (C=O) groups excluding carboxylic acids is 1. The highest BCUT2D eigenvalue weighted by Crippen LogP contribution is 2.13. The van der Waals surface area contributed by atoms with Gasteiger partial charge in [-0.2, -0.15) is 0 Å². The van der Waals surface area contributed by atoms with Crippen molar-refractivity contribution in [3.63, 3.8) is 0 Å². The SMILES string of the molecule is CC[C@@H](C)N(C(=O)Cl)[C@H](C)CC. The van der Waals surface area contributed by atoms with E-state index in [1.807, 2.05) is 13.8 Å². The zero-order valence-electron chi connectivity index (χ0n) is 8.30. The molecule has 0 radical (unpaired) electrons. The first-order chi connectivity index (χ1) is 5.54.